The summed E-state index contributed by atoms with van der Waals surface area (Å²) in [5.74, 6) is 0. The highest BCUT2D eigenvalue weighted by Gasteiger charge is 2.08. The molecule has 0 amide bonds. The van der Waals surface area contributed by atoms with Crippen LogP contribution in [0.25, 0.3) is 33.2 Å². The molecule has 4 aromatic rings. The Morgan fingerprint density at radius 1 is 0.909 bits per heavy atom. The average Bonchev–Trinajstić information content (AvgIpc) is 2.56. The summed E-state index contributed by atoms with van der Waals surface area (Å²) < 4.78 is 0. The smallest absolute Gasteiger partial charge is 0.198 e. The first-order chi connectivity index (χ1) is 10.7. The molecule has 0 fully saturated rings. The monoisotopic (exact) mass is 306 g/mol. The molecule has 2 aromatic heterocycles. The Labute approximate surface area is 131 Å². The van der Waals surface area contributed by atoms with Crippen LogP contribution >= 0.6 is 11.6 Å². The summed E-state index contributed by atoms with van der Waals surface area (Å²) in [6, 6.07) is 18.8. The SMILES string of the molecule is O=c1c2cc(Cl)ccc2[nH]c2nc(-c3ccccc3)ccc12. The van der Waals surface area contributed by atoms with E-state index in [0.717, 1.165) is 16.8 Å². The normalized spacial score (nSPS) is 11.1. The molecule has 4 heteroatoms. The molecule has 2 heterocycles. The van der Waals surface area contributed by atoms with Crippen molar-refractivity contribution in [2.45, 2.75) is 0 Å². The number of hydrogen-bond donors (Lipinski definition) is 1. The molecule has 106 valence electrons. The predicted molar refractivity (Wildman–Crippen MR) is 90.3 cm³/mol. The summed E-state index contributed by atoms with van der Waals surface area (Å²) >= 11 is 5.98. The molecule has 0 aliphatic carbocycles. The first-order valence-electron chi connectivity index (χ1n) is 6.90. The van der Waals surface area contributed by atoms with Gasteiger partial charge in [0.25, 0.3) is 0 Å². The Hall–Kier alpha value is -2.65. The number of halogens is 1. The topological polar surface area (TPSA) is 45.8 Å². The minimum atomic E-state index is -0.0571. The third kappa shape index (κ3) is 2.07. The van der Waals surface area contributed by atoms with E-state index in [1.54, 1.807) is 18.2 Å². The van der Waals surface area contributed by atoms with E-state index in [1.165, 1.54) is 0 Å². The van der Waals surface area contributed by atoms with Gasteiger partial charge >= 0.3 is 0 Å². The molecule has 4 rings (SSSR count). The molecule has 0 spiro atoms. The highest BCUT2D eigenvalue weighted by atomic mass is 35.5. The fourth-order valence-corrected chi connectivity index (χ4v) is 2.77. The van der Waals surface area contributed by atoms with E-state index in [9.17, 15) is 4.79 Å². The van der Waals surface area contributed by atoms with Crippen molar-refractivity contribution < 1.29 is 0 Å². The van der Waals surface area contributed by atoms with E-state index < -0.39 is 0 Å². The second-order valence-electron chi connectivity index (χ2n) is 5.10. The van der Waals surface area contributed by atoms with Crippen molar-refractivity contribution >= 4 is 33.5 Å². The standard InChI is InChI=1S/C18H11ClN2O/c19-12-6-8-16-14(10-12)17(22)13-7-9-15(20-18(13)21-16)11-4-2-1-3-5-11/h1-10H,(H,20,21,22). The van der Waals surface area contributed by atoms with Gasteiger partial charge < -0.3 is 4.98 Å². The van der Waals surface area contributed by atoms with Gasteiger partial charge in [-0.1, -0.05) is 41.9 Å². The van der Waals surface area contributed by atoms with Crippen molar-refractivity contribution in [3.8, 4) is 11.3 Å². The van der Waals surface area contributed by atoms with Crippen LogP contribution in [0.15, 0.2) is 65.5 Å². The number of aromatic nitrogens is 2. The van der Waals surface area contributed by atoms with Gasteiger partial charge in [0.1, 0.15) is 5.65 Å². The fourth-order valence-electron chi connectivity index (χ4n) is 2.59. The van der Waals surface area contributed by atoms with Crippen LogP contribution in [0.4, 0.5) is 0 Å². The number of nitrogens with zero attached hydrogens (tertiary/aromatic N) is 1. The Balaban J connectivity index is 2.03. The van der Waals surface area contributed by atoms with Crippen molar-refractivity contribution in [3.05, 3.63) is 75.9 Å². The van der Waals surface area contributed by atoms with Crippen LogP contribution in [-0.4, -0.2) is 9.97 Å². The van der Waals surface area contributed by atoms with Gasteiger partial charge in [0, 0.05) is 16.0 Å². The van der Waals surface area contributed by atoms with Gasteiger partial charge in [0.15, 0.2) is 5.43 Å². The maximum Gasteiger partial charge on any atom is 0.198 e. The van der Waals surface area contributed by atoms with Gasteiger partial charge in [-0.15, -0.1) is 0 Å². The second-order valence-corrected chi connectivity index (χ2v) is 5.54. The van der Waals surface area contributed by atoms with E-state index in [1.807, 2.05) is 42.5 Å². The molecule has 0 saturated carbocycles. The second kappa shape index (κ2) is 4.97. The molecule has 2 aromatic carbocycles. The van der Waals surface area contributed by atoms with Gasteiger partial charge in [-0.3, -0.25) is 4.79 Å². The number of aromatic amines is 1. The summed E-state index contributed by atoms with van der Waals surface area (Å²) in [6.07, 6.45) is 0. The molecule has 0 unspecified atom stereocenters. The lowest BCUT2D eigenvalue weighted by molar-refractivity contribution is 1.32. The quantitative estimate of drug-likeness (QED) is 0.530. The maximum atomic E-state index is 12.6. The zero-order valence-electron chi connectivity index (χ0n) is 11.5. The van der Waals surface area contributed by atoms with Crippen LogP contribution in [-0.2, 0) is 0 Å². The largest absolute Gasteiger partial charge is 0.339 e. The number of H-pyrrole nitrogens is 1. The summed E-state index contributed by atoms with van der Waals surface area (Å²) in [5, 5.41) is 1.69. The van der Waals surface area contributed by atoms with Gasteiger partial charge in [0.05, 0.1) is 16.6 Å². The molecule has 0 atom stereocenters. The van der Waals surface area contributed by atoms with E-state index in [4.69, 9.17) is 11.6 Å². The Morgan fingerprint density at radius 3 is 2.55 bits per heavy atom. The van der Waals surface area contributed by atoms with Crippen molar-refractivity contribution in [2.75, 3.05) is 0 Å². The highest BCUT2D eigenvalue weighted by molar-refractivity contribution is 6.31. The van der Waals surface area contributed by atoms with E-state index in [0.29, 0.717) is 21.4 Å². The van der Waals surface area contributed by atoms with Crippen molar-refractivity contribution in [1.29, 1.82) is 0 Å². The molecular weight excluding hydrogens is 296 g/mol. The maximum absolute atomic E-state index is 12.6. The molecule has 0 radical (unpaired) electrons. The lowest BCUT2D eigenvalue weighted by Crippen LogP contribution is -2.05. The van der Waals surface area contributed by atoms with E-state index in [2.05, 4.69) is 9.97 Å². The minimum Gasteiger partial charge on any atom is -0.339 e. The number of pyridine rings is 2. The van der Waals surface area contributed by atoms with Crippen LogP contribution in [0.2, 0.25) is 5.02 Å². The average molecular weight is 307 g/mol. The fraction of sp³-hybridized carbons (Fsp3) is 0. The third-order valence-electron chi connectivity index (χ3n) is 3.69. The lowest BCUT2D eigenvalue weighted by atomic mass is 10.1. The summed E-state index contributed by atoms with van der Waals surface area (Å²) in [5.41, 5.74) is 3.11. The molecule has 1 N–H and O–H groups in total. The molecular formula is C18H11ClN2O. The van der Waals surface area contributed by atoms with Gasteiger partial charge in [-0.05, 0) is 30.3 Å². The summed E-state index contributed by atoms with van der Waals surface area (Å²) in [6.45, 7) is 0. The number of nitrogens with one attached hydrogen (secondary N) is 1. The Bertz CT molecular complexity index is 1060. The lowest BCUT2D eigenvalue weighted by Gasteiger charge is -2.05. The number of fused-ring (bicyclic) bond motifs is 2. The molecule has 22 heavy (non-hydrogen) atoms. The molecule has 0 aliphatic heterocycles. The summed E-state index contributed by atoms with van der Waals surface area (Å²) in [4.78, 5) is 20.4. The number of benzene rings is 2. The Kier molecular flexibility index (Phi) is 2.94. The van der Waals surface area contributed by atoms with Crippen LogP contribution in [0.1, 0.15) is 0 Å². The first kappa shape index (κ1) is 13.0. The van der Waals surface area contributed by atoms with Crippen LogP contribution < -0.4 is 5.43 Å². The van der Waals surface area contributed by atoms with Crippen LogP contribution in [0.5, 0.6) is 0 Å². The minimum absolute atomic E-state index is 0.0571. The third-order valence-corrected chi connectivity index (χ3v) is 3.92. The van der Waals surface area contributed by atoms with Crippen molar-refractivity contribution in [1.82, 2.24) is 9.97 Å². The number of hydrogen-bond acceptors (Lipinski definition) is 2. The van der Waals surface area contributed by atoms with Gasteiger partial charge in [0.2, 0.25) is 0 Å². The van der Waals surface area contributed by atoms with Crippen molar-refractivity contribution in [2.24, 2.45) is 0 Å². The van der Waals surface area contributed by atoms with Gasteiger partial charge in [-0.25, -0.2) is 4.98 Å². The molecule has 0 bridgehead atoms. The molecule has 3 nitrogen and oxygen atoms in total. The summed E-state index contributed by atoms with van der Waals surface area (Å²) in [7, 11) is 0. The van der Waals surface area contributed by atoms with Gasteiger partial charge in [-0.2, -0.15) is 0 Å². The predicted octanol–water partition coefficient (Wildman–Crippen LogP) is 4.40. The van der Waals surface area contributed by atoms with E-state index in [-0.39, 0.29) is 5.43 Å². The number of rotatable bonds is 1. The van der Waals surface area contributed by atoms with Crippen molar-refractivity contribution in [3.63, 3.8) is 0 Å². The zero-order valence-corrected chi connectivity index (χ0v) is 12.3. The molecule has 0 saturated heterocycles. The van der Waals surface area contributed by atoms with E-state index >= 15 is 0 Å². The zero-order chi connectivity index (χ0) is 15.1. The Morgan fingerprint density at radius 2 is 1.73 bits per heavy atom. The van der Waals surface area contributed by atoms with Crippen LogP contribution in [0, 0.1) is 0 Å². The van der Waals surface area contributed by atoms with Crippen LogP contribution in [0.3, 0.4) is 0 Å². The molecule has 0 aliphatic rings. The first-order valence-corrected chi connectivity index (χ1v) is 7.28. The highest BCUT2D eigenvalue weighted by Crippen LogP contribution is 2.21.